The van der Waals surface area contributed by atoms with E-state index in [0.717, 1.165) is 58.1 Å². The average molecular weight is 508 g/mol. The molecule has 0 aromatic rings. The minimum Gasteiger partial charge on any atom is -0.374 e. The smallest absolute Gasteiger partial charge is 0.322 e. The van der Waals surface area contributed by atoms with Crippen molar-refractivity contribution >= 4 is 41.9 Å². The Morgan fingerprint density at radius 2 is 2.04 bits per heavy atom. The van der Waals surface area contributed by atoms with Gasteiger partial charge in [-0.1, -0.05) is 0 Å². The number of imide groups is 1. The molecule has 3 rings (SSSR count). The number of ether oxygens (including phenoxy) is 1. The van der Waals surface area contributed by atoms with Crippen molar-refractivity contribution in [3.63, 3.8) is 0 Å². The van der Waals surface area contributed by atoms with Crippen molar-refractivity contribution in [3.05, 3.63) is 0 Å². The molecular formula is C18H33IN6O3. The van der Waals surface area contributed by atoms with Crippen molar-refractivity contribution < 1.29 is 14.3 Å². The second kappa shape index (κ2) is 10.1. The molecule has 3 heterocycles. The maximum atomic E-state index is 12.2. The third kappa shape index (κ3) is 5.26. The standard InChI is InChI=1S/C18H32N6O3.HI/c1-4-19-16(20-11-14-12-23(3)9-10-27-14)24-7-5-13(6-8-24)18(2)15(25)21-17(26)22-18;/h13-14H,4-12H2,1-3H3,(H,19,20)(H2,21,22,25,26);1H. The molecule has 3 N–H and O–H groups in total. The molecule has 3 saturated heterocycles. The summed E-state index contributed by atoms with van der Waals surface area (Å²) in [4.78, 5) is 33.0. The monoisotopic (exact) mass is 508 g/mol. The lowest BCUT2D eigenvalue weighted by molar-refractivity contribution is -0.125. The number of urea groups is 1. The summed E-state index contributed by atoms with van der Waals surface area (Å²) in [5.74, 6) is 0.807. The van der Waals surface area contributed by atoms with E-state index >= 15 is 0 Å². The van der Waals surface area contributed by atoms with E-state index in [0.29, 0.717) is 6.54 Å². The topological polar surface area (TPSA) is 98.3 Å². The molecule has 3 aliphatic heterocycles. The molecule has 10 heteroatoms. The first-order chi connectivity index (χ1) is 12.9. The zero-order chi connectivity index (χ0) is 19.4. The van der Waals surface area contributed by atoms with Crippen LogP contribution in [0.15, 0.2) is 4.99 Å². The SMILES string of the molecule is CCNC(=NCC1CN(C)CCO1)N1CCC(C2(C)NC(=O)NC2=O)CC1.I. The zero-order valence-corrected chi connectivity index (χ0v) is 19.3. The van der Waals surface area contributed by atoms with Crippen LogP contribution in [0.1, 0.15) is 26.7 Å². The van der Waals surface area contributed by atoms with Gasteiger partial charge in [0.15, 0.2) is 5.96 Å². The maximum absolute atomic E-state index is 12.2. The van der Waals surface area contributed by atoms with Crippen molar-refractivity contribution in [3.8, 4) is 0 Å². The number of carbonyl (C=O) groups excluding carboxylic acids is 2. The number of hydrogen-bond acceptors (Lipinski definition) is 5. The van der Waals surface area contributed by atoms with E-state index in [9.17, 15) is 9.59 Å². The summed E-state index contributed by atoms with van der Waals surface area (Å²) >= 11 is 0. The fourth-order valence-electron chi connectivity index (χ4n) is 4.10. The van der Waals surface area contributed by atoms with E-state index in [4.69, 9.17) is 9.73 Å². The van der Waals surface area contributed by atoms with Crippen LogP contribution in [0.4, 0.5) is 4.79 Å². The Hall–Kier alpha value is -1.14. The van der Waals surface area contributed by atoms with Crippen LogP contribution in [0.25, 0.3) is 0 Å². The number of amides is 3. The Bertz CT molecular complexity index is 596. The molecule has 0 aliphatic carbocycles. The van der Waals surface area contributed by atoms with Gasteiger partial charge in [0, 0.05) is 32.7 Å². The molecule has 2 unspecified atom stereocenters. The van der Waals surface area contributed by atoms with E-state index in [1.165, 1.54) is 0 Å². The van der Waals surface area contributed by atoms with Crippen molar-refractivity contribution in [2.45, 2.75) is 38.3 Å². The van der Waals surface area contributed by atoms with E-state index in [-0.39, 0.29) is 41.9 Å². The third-order valence-electron chi connectivity index (χ3n) is 5.80. The van der Waals surface area contributed by atoms with Crippen LogP contribution in [0.5, 0.6) is 0 Å². The molecule has 0 aromatic heterocycles. The van der Waals surface area contributed by atoms with E-state index < -0.39 is 11.6 Å². The molecule has 3 amide bonds. The zero-order valence-electron chi connectivity index (χ0n) is 17.0. The van der Waals surface area contributed by atoms with Gasteiger partial charge in [-0.15, -0.1) is 24.0 Å². The highest BCUT2D eigenvalue weighted by molar-refractivity contribution is 14.0. The highest BCUT2D eigenvalue weighted by Crippen LogP contribution is 2.30. The second-order valence-corrected chi connectivity index (χ2v) is 7.82. The number of nitrogens with zero attached hydrogens (tertiary/aromatic N) is 3. The summed E-state index contributed by atoms with van der Waals surface area (Å²) in [7, 11) is 2.10. The van der Waals surface area contributed by atoms with Crippen LogP contribution < -0.4 is 16.0 Å². The fraction of sp³-hybridized carbons (Fsp3) is 0.833. The molecule has 9 nitrogen and oxygen atoms in total. The predicted molar refractivity (Wildman–Crippen MR) is 118 cm³/mol. The second-order valence-electron chi connectivity index (χ2n) is 7.82. The van der Waals surface area contributed by atoms with Crippen molar-refractivity contribution in [1.29, 1.82) is 0 Å². The highest BCUT2D eigenvalue weighted by atomic mass is 127. The quantitative estimate of drug-likeness (QED) is 0.218. The van der Waals surface area contributed by atoms with Crippen molar-refractivity contribution in [1.82, 2.24) is 25.8 Å². The number of guanidine groups is 1. The Labute approximate surface area is 184 Å². The molecule has 0 saturated carbocycles. The molecule has 160 valence electrons. The number of likely N-dealkylation sites (N-methyl/N-ethyl adjacent to an activating group) is 1. The lowest BCUT2D eigenvalue weighted by Gasteiger charge is -2.40. The average Bonchev–Trinajstić information content (AvgIpc) is 2.91. The lowest BCUT2D eigenvalue weighted by Crippen LogP contribution is -2.55. The van der Waals surface area contributed by atoms with Crippen LogP contribution in [0.3, 0.4) is 0 Å². The Morgan fingerprint density at radius 3 is 2.61 bits per heavy atom. The van der Waals surface area contributed by atoms with Gasteiger partial charge in [-0.3, -0.25) is 15.1 Å². The van der Waals surface area contributed by atoms with Gasteiger partial charge in [-0.25, -0.2) is 4.79 Å². The minimum absolute atomic E-state index is 0. The van der Waals surface area contributed by atoms with Crippen LogP contribution >= 0.6 is 24.0 Å². The van der Waals surface area contributed by atoms with Gasteiger partial charge in [-0.05, 0) is 39.7 Å². The maximum Gasteiger partial charge on any atom is 0.322 e. The molecule has 0 bridgehead atoms. The summed E-state index contributed by atoms with van der Waals surface area (Å²) in [5.41, 5.74) is -0.806. The van der Waals surface area contributed by atoms with Gasteiger partial charge in [0.05, 0.1) is 19.3 Å². The molecule has 3 fully saturated rings. The van der Waals surface area contributed by atoms with Crippen LogP contribution in [0, 0.1) is 5.92 Å². The molecule has 0 spiro atoms. The van der Waals surface area contributed by atoms with Crippen LogP contribution in [-0.2, 0) is 9.53 Å². The summed E-state index contributed by atoms with van der Waals surface area (Å²) in [6.45, 7) is 9.57. The number of hydrogen-bond donors (Lipinski definition) is 3. The third-order valence-corrected chi connectivity index (χ3v) is 5.80. The number of morpholine rings is 1. The summed E-state index contributed by atoms with van der Waals surface area (Å²) in [6, 6.07) is -0.391. The van der Waals surface area contributed by atoms with Gasteiger partial charge >= 0.3 is 6.03 Å². The number of rotatable bonds is 4. The molecule has 0 aromatic carbocycles. The summed E-state index contributed by atoms with van der Waals surface area (Å²) in [6.07, 6.45) is 1.79. The predicted octanol–water partition coefficient (Wildman–Crippen LogP) is 0.211. The van der Waals surface area contributed by atoms with Crippen molar-refractivity contribution in [2.24, 2.45) is 10.9 Å². The number of carbonyl (C=O) groups is 2. The summed E-state index contributed by atoms with van der Waals surface area (Å²) < 4.78 is 5.80. The van der Waals surface area contributed by atoms with Gasteiger partial charge in [0.2, 0.25) is 0 Å². The molecule has 28 heavy (non-hydrogen) atoms. The normalized spacial score (nSPS) is 29.9. The molecule has 0 radical (unpaired) electrons. The minimum atomic E-state index is -0.806. The largest absolute Gasteiger partial charge is 0.374 e. The molecular weight excluding hydrogens is 475 g/mol. The lowest BCUT2D eigenvalue weighted by atomic mass is 9.79. The van der Waals surface area contributed by atoms with E-state index in [2.05, 4.69) is 39.7 Å². The number of halogens is 1. The number of nitrogens with one attached hydrogen (secondary N) is 3. The number of piperidine rings is 1. The van der Waals surface area contributed by atoms with Gasteiger partial charge < -0.3 is 25.2 Å². The van der Waals surface area contributed by atoms with E-state index in [1.54, 1.807) is 0 Å². The first-order valence-corrected chi connectivity index (χ1v) is 9.89. The molecule has 3 aliphatic rings. The highest BCUT2D eigenvalue weighted by Gasteiger charge is 2.48. The van der Waals surface area contributed by atoms with Crippen LogP contribution in [-0.4, -0.2) is 92.3 Å². The van der Waals surface area contributed by atoms with Gasteiger partial charge in [0.25, 0.3) is 5.91 Å². The van der Waals surface area contributed by atoms with E-state index in [1.807, 2.05) is 6.92 Å². The Kier molecular flexibility index (Phi) is 8.31. The molecule has 2 atom stereocenters. The van der Waals surface area contributed by atoms with Gasteiger partial charge in [-0.2, -0.15) is 0 Å². The Balaban J connectivity index is 0.00000280. The van der Waals surface area contributed by atoms with Crippen molar-refractivity contribution in [2.75, 3.05) is 52.9 Å². The van der Waals surface area contributed by atoms with Gasteiger partial charge in [0.1, 0.15) is 5.54 Å². The summed E-state index contributed by atoms with van der Waals surface area (Å²) in [5, 5.41) is 8.54. The fourth-order valence-corrected chi connectivity index (χ4v) is 4.10. The first kappa shape index (κ1) is 23.1. The first-order valence-electron chi connectivity index (χ1n) is 9.89. The number of aliphatic imine (C=N–C) groups is 1. The van der Waals surface area contributed by atoms with Crippen LogP contribution in [0.2, 0.25) is 0 Å². The number of likely N-dealkylation sites (tertiary alicyclic amines) is 1. The Morgan fingerprint density at radius 1 is 1.32 bits per heavy atom.